The Kier molecular flexibility index (Phi) is 4.13. The Labute approximate surface area is 113 Å². The predicted octanol–water partition coefficient (Wildman–Crippen LogP) is 1.20. The molecule has 0 amide bonds. The first-order valence-corrected chi connectivity index (χ1v) is 6.54. The molecule has 1 aromatic carbocycles. The molecule has 0 aromatic heterocycles. The molecule has 19 heavy (non-hydrogen) atoms. The molecule has 0 aliphatic rings. The first-order valence-electron chi connectivity index (χ1n) is 4.72. The standard InChI is InChI=1S/C9H9ClN2O6S/c1-11(2)19(17,18)7-4-5(9(13)14)3-6(8(7)10)12(15)16/h3-4H,1-2H3,(H,13,14). The molecule has 0 heterocycles. The van der Waals surface area contributed by atoms with Crippen LogP contribution in [0.3, 0.4) is 0 Å². The molecule has 0 unspecified atom stereocenters. The molecule has 8 nitrogen and oxygen atoms in total. The lowest BCUT2D eigenvalue weighted by atomic mass is 10.2. The number of nitrogens with zero attached hydrogens (tertiary/aromatic N) is 2. The number of carbonyl (C=O) groups is 1. The molecular formula is C9H9ClN2O6S. The topological polar surface area (TPSA) is 118 Å². The van der Waals surface area contributed by atoms with Gasteiger partial charge in [0.2, 0.25) is 10.0 Å². The number of nitro benzene ring substituents is 1. The van der Waals surface area contributed by atoms with Crippen molar-refractivity contribution in [2.75, 3.05) is 14.1 Å². The summed E-state index contributed by atoms with van der Waals surface area (Å²) in [6, 6.07) is 1.49. The summed E-state index contributed by atoms with van der Waals surface area (Å²) in [5.41, 5.74) is -1.31. The van der Waals surface area contributed by atoms with Crippen LogP contribution in [0.25, 0.3) is 0 Å². The van der Waals surface area contributed by atoms with Crippen molar-refractivity contribution in [3.63, 3.8) is 0 Å². The highest BCUT2D eigenvalue weighted by molar-refractivity contribution is 7.89. The molecule has 1 rings (SSSR count). The van der Waals surface area contributed by atoms with Crippen LogP contribution in [-0.2, 0) is 10.0 Å². The second-order valence-electron chi connectivity index (χ2n) is 3.66. The number of aromatic carboxylic acids is 1. The molecule has 0 saturated carbocycles. The molecule has 0 atom stereocenters. The zero-order chi connectivity index (χ0) is 15.0. The number of carboxylic acid groups (broad SMARTS) is 1. The fraction of sp³-hybridized carbons (Fsp3) is 0.222. The van der Waals surface area contributed by atoms with Crippen molar-refractivity contribution in [1.29, 1.82) is 0 Å². The van der Waals surface area contributed by atoms with Crippen molar-refractivity contribution < 1.29 is 23.2 Å². The predicted molar refractivity (Wildman–Crippen MR) is 65.9 cm³/mol. The maximum atomic E-state index is 11.9. The third kappa shape index (κ3) is 2.83. The number of sulfonamides is 1. The van der Waals surface area contributed by atoms with Gasteiger partial charge in [-0.25, -0.2) is 17.5 Å². The van der Waals surface area contributed by atoms with E-state index in [0.717, 1.165) is 10.4 Å². The van der Waals surface area contributed by atoms with Crippen LogP contribution in [-0.4, -0.2) is 42.8 Å². The monoisotopic (exact) mass is 308 g/mol. The van der Waals surface area contributed by atoms with Crippen molar-refractivity contribution >= 4 is 33.3 Å². The Morgan fingerprint density at radius 1 is 1.42 bits per heavy atom. The van der Waals surface area contributed by atoms with Crippen LogP contribution in [0.4, 0.5) is 5.69 Å². The fourth-order valence-electron chi connectivity index (χ4n) is 1.22. The summed E-state index contributed by atoms with van der Waals surface area (Å²) < 4.78 is 24.6. The van der Waals surface area contributed by atoms with Gasteiger partial charge in [0.1, 0.15) is 9.92 Å². The third-order valence-corrected chi connectivity index (χ3v) is 4.57. The second kappa shape index (κ2) is 5.11. The van der Waals surface area contributed by atoms with Gasteiger partial charge in [0, 0.05) is 20.2 Å². The van der Waals surface area contributed by atoms with E-state index in [-0.39, 0.29) is 0 Å². The van der Waals surface area contributed by atoms with Gasteiger partial charge >= 0.3 is 5.97 Å². The number of halogens is 1. The van der Waals surface area contributed by atoms with Crippen LogP contribution in [0.1, 0.15) is 10.4 Å². The van der Waals surface area contributed by atoms with Crippen molar-refractivity contribution in [1.82, 2.24) is 4.31 Å². The molecule has 0 spiro atoms. The normalized spacial score (nSPS) is 11.6. The molecule has 0 aliphatic heterocycles. The van der Waals surface area contributed by atoms with Crippen molar-refractivity contribution in [2.45, 2.75) is 4.90 Å². The average Bonchev–Trinajstić information content (AvgIpc) is 2.27. The minimum absolute atomic E-state index is 0.531. The van der Waals surface area contributed by atoms with E-state index in [9.17, 15) is 23.3 Å². The second-order valence-corrected chi connectivity index (χ2v) is 6.16. The summed E-state index contributed by atoms with van der Waals surface area (Å²) in [5, 5.41) is 19.0. The van der Waals surface area contributed by atoms with Gasteiger partial charge in [-0.1, -0.05) is 11.6 Å². The summed E-state index contributed by atoms with van der Waals surface area (Å²) >= 11 is 5.67. The Balaban J connectivity index is 3.75. The van der Waals surface area contributed by atoms with E-state index in [2.05, 4.69) is 0 Å². The Morgan fingerprint density at radius 2 is 1.95 bits per heavy atom. The van der Waals surface area contributed by atoms with E-state index in [1.54, 1.807) is 0 Å². The molecule has 1 N–H and O–H groups in total. The Bertz CT molecular complexity index is 655. The summed E-state index contributed by atoms with van der Waals surface area (Å²) in [4.78, 5) is 20.1. The van der Waals surface area contributed by atoms with Gasteiger partial charge in [-0.3, -0.25) is 10.1 Å². The van der Waals surface area contributed by atoms with Crippen molar-refractivity contribution in [3.8, 4) is 0 Å². The van der Waals surface area contributed by atoms with Crippen molar-refractivity contribution in [2.24, 2.45) is 0 Å². The lowest BCUT2D eigenvalue weighted by Crippen LogP contribution is -2.23. The molecule has 0 aliphatic carbocycles. The van der Waals surface area contributed by atoms with E-state index >= 15 is 0 Å². The number of hydrogen-bond acceptors (Lipinski definition) is 5. The highest BCUT2D eigenvalue weighted by atomic mass is 35.5. The van der Waals surface area contributed by atoms with Gasteiger partial charge in [-0.2, -0.15) is 0 Å². The maximum absolute atomic E-state index is 11.9. The highest BCUT2D eigenvalue weighted by Gasteiger charge is 2.29. The quantitative estimate of drug-likeness (QED) is 0.659. The van der Waals surface area contributed by atoms with Gasteiger partial charge in [0.25, 0.3) is 5.69 Å². The number of nitro groups is 1. The SMILES string of the molecule is CN(C)S(=O)(=O)c1cc(C(=O)O)cc([N+](=O)[O-])c1Cl. The minimum atomic E-state index is -4.09. The zero-order valence-corrected chi connectivity index (χ0v) is 11.4. The minimum Gasteiger partial charge on any atom is -0.478 e. The van der Waals surface area contributed by atoms with E-state index in [0.29, 0.717) is 6.07 Å². The van der Waals surface area contributed by atoms with E-state index < -0.39 is 42.1 Å². The number of carboxylic acids is 1. The molecule has 0 saturated heterocycles. The van der Waals surface area contributed by atoms with Gasteiger partial charge in [0.05, 0.1) is 10.5 Å². The number of hydrogen-bond donors (Lipinski definition) is 1. The molecule has 0 radical (unpaired) electrons. The van der Waals surface area contributed by atoms with Gasteiger partial charge < -0.3 is 5.11 Å². The first kappa shape index (κ1) is 15.3. The molecule has 0 bridgehead atoms. The summed E-state index contributed by atoms with van der Waals surface area (Å²) in [6.07, 6.45) is 0. The van der Waals surface area contributed by atoms with Crippen LogP contribution in [0.2, 0.25) is 5.02 Å². The van der Waals surface area contributed by atoms with Gasteiger partial charge in [-0.15, -0.1) is 0 Å². The molecule has 104 valence electrons. The van der Waals surface area contributed by atoms with Crippen LogP contribution >= 0.6 is 11.6 Å². The lowest BCUT2D eigenvalue weighted by Gasteiger charge is -2.13. The highest BCUT2D eigenvalue weighted by Crippen LogP contribution is 2.33. The summed E-state index contributed by atoms with van der Waals surface area (Å²) in [6.45, 7) is 0. The van der Waals surface area contributed by atoms with Crippen LogP contribution in [0, 0.1) is 10.1 Å². The number of rotatable bonds is 4. The van der Waals surface area contributed by atoms with E-state index in [1.807, 2.05) is 0 Å². The number of benzene rings is 1. The molecule has 0 fully saturated rings. The van der Waals surface area contributed by atoms with Gasteiger partial charge in [0.15, 0.2) is 0 Å². The molecule has 10 heteroatoms. The molecule has 1 aromatic rings. The van der Waals surface area contributed by atoms with Crippen LogP contribution in [0.15, 0.2) is 17.0 Å². The average molecular weight is 309 g/mol. The largest absolute Gasteiger partial charge is 0.478 e. The maximum Gasteiger partial charge on any atom is 0.335 e. The summed E-state index contributed by atoms with van der Waals surface area (Å²) in [7, 11) is -1.69. The third-order valence-electron chi connectivity index (χ3n) is 2.22. The smallest absolute Gasteiger partial charge is 0.335 e. The van der Waals surface area contributed by atoms with E-state index in [4.69, 9.17) is 16.7 Å². The fourth-order valence-corrected chi connectivity index (χ4v) is 2.69. The van der Waals surface area contributed by atoms with Crippen LogP contribution in [0.5, 0.6) is 0 Å². The Morgan fingerprint density at radius 3 is 2.32 bits per heavy atom. The first-order chi connectivity index (χ1) is 8.59. The van der Waals surface area contributed by atoms with Crippen molar-refractivity contribution in [3.05, 3.63) is 32.8 Å². The zero-order valence-electron chi connectivity index (χ0n) is 9.82. The van der Waals surface area contributed by atoms with E-state index in [1.165, 1.54) is 14.1 Å². The molecular weight excluding hydrogens is 300 g/mol. The van der Waals surface area contributed by atoms with Crippen LogP contribution < -0.4 is 0 Å². The Hall–Kier alpha value is -1.71. The summed E-state index contributed by atoms with van der Waals surface area (Å²) in [5.74, 6) is -1.49. The van der Waals surface area contributed by atoms with Gasteiger partial charge in [-0.05, 0) is 6.07 Å². The lowest BCUT2D eigenvalue weighted by molar-refractivity contribution is -0.384.